The summed E-state index contributed by atoms with van der Waals surface area (Å²) in [6.07, 6.45) is 0. The van der Waals surface area contributed by atoms with Gasteiger partial charge in [0.1, 0.15) is 61.1 Å². The monoisotopic (exact) mass is 1380 g/mol. The van der Waals surface area contributed by atoms with Crippen LogP contribution >= 0.6 is 11.6 Å². The van der Waals surface area contributed by atoms with Crippen molar-refractivity contribution in [3.05, 3.63) is 259 Å². The lowest BCUT2D eigenvalue weighted by molar-refractivity contribution is -0.135. The second-order valence-electron chi connectivity index (χ2n) is 23.5. The molecule has 0 heterocycles. The van der Waals surface area contributed by atoms with Gasteiger partial charge >= 0.3 is 0 Å². The van der Waals surface area contributed by atoms with Crippen molar-refractivity contribution in [2.24, 2.45) is 0 Å². The number of carbonyl (C=O) groups is 4. The number of halogens is 3. The van der Waals surface area contributed by atoms with Gasteiger partial charge in [0.25, 0.3) is 23.6 Å². The zero-order valence-electron chi connectivity index (χ0n) is 55.8. The highest BCUT2D eigenvalue weighted by Gasteiger charge is 2.35. The van der Waals surface area contributed by atoms with Gasteiger partial charge < -0.3 is 60.6 Å². The second-order valence-corrected chi connectivity index (χ2v) is 23.9. The molecule has 0 aliphatic rings. The number of hydrogen-bond acceptors (Lipinski definition) is 13. The van der Waals surface area contributed by atoms with Gasteiger partial charge in [0.05, 0.1) is 37.9 Å². The molecule has 0 radical (unpaired) electrons. The maximum absolute atomic E-state index is 13.5. The van der Waals surface area contributed by atoms with E-state index in [2.05, 4.69) is 40.6 Å². The molecule has 518 valence electrons. The van der Waals surface area contributed by atoms with Gasteiger partial charge in [0.2, 0.25) is 5.69 Å². The summed E-state index contributed by atoms with van der Waals surface area (Å²) < 4.78 is 48.6. The number of rotatable bonds is 20. The van der Waals surface area contributed by atoms with E-state index in [1.54, 1.807) is 150 Å². The van der Waals surface area contributed by atoms with E-state index in [0.29, 0.717) is 68.0 Å². The van der Waals surface area contributed by atoms with Gasteiger partial charge in [-0.3, -0.25) is 19.2 Å². The summed E-state index contributed by atoms with van der Waals surface area (Å²) in [4.78, 5) is 62.4. The minimum atomic E-state index is -1.81. The van der Waals surface area contributed by atoms with Crippen molar-refractivity contribution < 1.29 is 67.3 Å². The molecule has 0 unspecified atom stereocenters. The molecule has 0 aliphatic carbocycles. The first-order chi connectivity index (χ1) is 46.6. The molecule has 24 heteroatoms. The van der Waals surface area contributed by atoms with E-state index in [9.17, 15) is 48.4 Å². The van der Waals surface area contributed by atoms with Crippen LogP contribution in [0.25, 0.3) is 19.4 Å². The first-order valence-electron chi connectivity index (χ1n) is 30.0. The van der Waals surface area contributed by atoms with Gasteiger partial charge in [0.15, 0.2) is 39.5 Å². The number of benzene rings is 8. The van der Waals surface area contributed by atoms with Gasteiger partial charge in [0, 0.05) is 39.9 Å². The number of nitriles is 1. The SMILES string of the molecule is C.[C-]#[N+]c1ccc(NC(=O)[C@@](C)(O)COc2ccc(C#N)cc2)cc1Cl.[C-]#[N+]c1ccc(NC(=O)[C@@](C)(O)COc2ccc(C)c(F)c2)cc1C.[C-]#[N+]c1ccc(NC(=O)[C@@](C)(O)COc2ccc(C)c(F)c2)cc1C.[C-]#[N+]c1ccc(NC(=O)[C@@](C)(O)COc2ccc(C)cc2)cc1C. The molecule has 0 aromatic heterocycles. The number of anilines is 4. The Labute approximate surface area is 585 Å². The summed E-state index contributed by atoms with van der Waals surface area (Å²) in [7, 11) is 0. The van der Waals surface area contributed by atoms with Crippen molar-refractivity contribution in [3.63, 3.8) is 0 Å². The van der Waals surface area contributed by atoms with Crippen LogP contribution < -0.4 is 40.2 Å². The highest BCUT2D eigenvalue weighted by atomic mass is 35.5. The lowest BCUT2D eigenvalue weighted by Crippen LogP contribution is -2.45. The van der Waals surface area contributed by atoms with Crippen molar-refractivity contribution in [3.8, 4) is 29.1 Å². The number of nitrogens with one attached hydrogen (secondary N) is 4. The molecule has 8 aromatic carbocycles. The van der Waals surface area contributed by atoms with E-state index >= 15 is 0 Å². The van der Waals surface area contributed by atoms with E-state index in [1.165, 1.54) is 58.0 Å². The zero-order valence-corrected chi connectivity index (χ0v) is 56.5. The normalized spacial score (nSPS) is 12.6. The molecule has 0 fully saturated rings. The fourth-order valence-electron chi connectivity index (χ4n) is 8.06. The second kappa shape index (κ2) is 36.6. The highest BCUT2D eigenvalue weighted by Crippen LogP contribution is 2.30. The van der Waals surface area contributed by atoms with Crippen LogP contribution in [0, 0.1) is 90.8 Å². The number of carbonyl (C=O) groups excluding carboxylic acids is 4. The Hall–Kier alpha value is -11.7. The van der Waals surface area contributed by atoms with Crippen LogP contribution in [0.5, 0.6) is 23.0 Å². The van der Waals surface area contributed by atoms with Crippen molar-refractivity contribution in [2.75, 3.05) is 47.7 Å². The number of ether oxygens (including phenoxy) is 4. The van der Waals surface area contributed by atoms with Crippen LogP contribution in [0.2, 0.25) is 5.02 Å². The van der Waals surface area contributed by atoms with Crippen molar-refractivity contribution in [2.45, 2.75) is 99.1 Å². The Balaban J connectivity index is 0.000000282. The lowest BCUT2D eigenvalue weighted by atomic mass is 10.1. The predicted molar refractivity (Wildman–Crippen MR) is 380 cm³/mol. The quantitative estimate of drug-likeness (QED) is 0.0330. The molecule has 0 saturated carbocycles. The standard InChI is InChI=1S/2C19H19FN2O3.C19H20N2O3.C18H14ClN3O3.CH4/c2*1-12-5-7-15(10-16(12)20)25-11-19(3,24)18(23)22-14-6-8-17(21-4)13(2)9-14;1-13-5-8-16(9-6-13)24-12-19(3,23)18(22)21-15-7-10-17(20-4)14(2)11-15;1-18(24,11-25-14-6-3-12(10-20)4-7-14)17(23)22-13-5-8-16(21-2)15(19)9-13;/h2*5-10,24H,11H2,1-3H3,(H,22,23);5-11,23H,12H2,1-3H3,(H,21,22);3-9,24H,11H2,1H3,(H,22,23);1H4/t3*19-;18-;/m0000./s1. The van der Waals surface area contributed by atoms with Crippen LogP contribution in [0.3, 0.4) is 0 Å². The van der Waals surface area contributed by atoms with Crippen LogP contribution in [-0.2, 0) is 19.2 Å². The molecular weight excluding hydrogens is 1300 g/mol. The number of aryl methyl sites for hydroxylation is 6. The minimum absolute atomic E-state index is 0. The van der Waals surface area contributed by atoms with Gasteiger partial charge in [-0.15, -0.1) is 0 Å². The average molecular weight is 1380 g/mol. The van der Waals surface area contributed by atoms with E-state index in [4.69, 9.17) is 62.1 Å². The molecule has 100 heavy (non-hydrogen) atoms. The molecule has 21 nitrogen and oxygen atoms in total. The fourth-order valence-corrected chi connectivity index (χ4v) is 8.28. The summed E-state index contributed by atoms with van der Waals surface area (Å²) in [5.41, 5.74) is 1.27. The Morgan fingerprint density at radius 1 is 0.420 bits per heavy atom. The largest absolute Gasteiger partial charge is 0.490 e. The molecule has 4 amide bonds. The molecule has 8 aromatic rings. The number of hydrogen-bond donors (Lipinski definition) is 8. The van der Waals surface area contributed by atoms with Gasteiger partial charge in [-0.2, -0.15) is 5.26 Å². The fraction of sp³-hybridized carbons (Fsp3) is 0.250. The maximum atomic E-state index is 13.5. The zero-order chi connectivity index (χ0) is 73.4. The summed E-state index contributed by atoms with van der Waals surface area (Å²) in [6.45, 7) is 42.8. The van der Waals surface area contributed by atoms with Crippen LogP contribution in [0.4, 0.5) is 54.3 Å². The van der Waals surface area contributed by atoms with Gasteiger partial charge in [-0.25, -0.2) is 28.2 Å². The number of amides is 4. The van der Waals surface area contributed by atoms with Crippen LogP contribution in [0.15, 0.2) is 158 Å². The highest BCUT2D eigenvalue weighted by molar-refractivity contribution is 6.33. The van der Waals surface area contributed by atoms with Gasteiger partial charge in [-0.1, -0.05) is 73.1 Å². The van der Waals surface area contributed by atoms with Gasteiger partial charge in [-0.05, 0) is 194 Å². The lowest BCUT2D eigenvalue weighted by Gasteiger charge is -2.23. The molecule has 0 spiro atoms. The summed E-state index contributed by atoms with van der Waals surface area (Å²) in [5, 5.41) is 60.6. The first-order valence-corrected chi connectivity index (χ1v) is 30.4. The minimum Gasteiger partial charge on any atom is -0.490 e. The molecule has 0 bridgehead atoms. The summed E-state index contributed by atoms with van der Waals surface area (Å²) in [6, 6.07) is 43.4. The van der Waals surface area contributed by atoms with Crippen molar-refractivity contribution >= 4 is 80.7 Å². The van der Waals surface area contributed by atoms with E-state index in [1.807, 2.05) is 25.1 Å². The molecule has 0 saturated heterocycles. The molecule has 8 rings (SSSR count). The Morgan fingerprint density at radius 2 is 0.690 bits per heavy atom. The summed E-state index contributed by atoms with van der Waals surface area (Å²) in [5.74, 6) is -1.92. The average Bonchev–Trinajstić information content (AvgIpc) is 0.857. The predicted octanol–water partition coefficient (Wildman–Crippen LogP) is 15.3. The number of nitrogens with zero attached hydrogens (tertiary/aromatic N) is 5. The third kappa shape index (κ3) is 24.4. The topological polar surface area (TPSA) is 275 Å². The van der Waals surface area contributed by atoms with Crippen molar-refractivity contribution in [1.29, 1.82) is 5.26 Å². The van der Waals surface area contributed by atoms with E-state index < -0.39 is 57.7 Å². The van der Waals surface area contributed by atoms with Crippen LogP contribution in [-0.4, -0.2) is 92.9 Å². The Kier molecular flexibility index (Phi) is 29.5. The number of aliphatic hydroxyl groups is 4. The summed E-state index contributed by atoms with van der Waals surface area (Å²) >= 11 is 5.92. The molecule has 0 aliphatic heterocycles. The van der Waals surface area contributed by atoms with Crippen molar-refractivity contribution in [1.82, 2.24) is 0 Å². The Morgan fingerprint density at radius 3 is 0.960 bits per heavy atom. The van der Waals surface area contributed by atoms with E-state index in [-0.39, 0.29) is 56.1 Å². The molecule has 4 atom stereocenters. The third-order valence-corrected chi connectivity index (χ3v) is 14.7. The molecular formula is C76H76ClF2N9O12. The van der Waals surface area contributed by atoms with Crippen LogP contribution in [0.1, 0.15) is 74.1 Å². The third-order valence-electron chi connectivity index (χ3n) is 14.4. The Bertz CT molecular complexity index is 4310. The molecule has 8 N–H and O–H groups in total. The maximum Gasteiger partial charge on any atom is 0.259 e. The first kappa shape index (κ1) is 80.7. The smallest absolute Gasteiger partial charge is 0.259 e. The van der Waals surface area contributed by atoms with E-state index in [0.717, 1.165) is 22.3 Å².